The zero-order chi connectivity index (χ0) is 11.4. The monoisotopic (exact) mass is 218 g/mol. The van der Waals surface area contributed by atoms with Gasteiger partial charge >= 0.3 is 0 Å². The van der Waals surface area contributed by atoms with Gasteiger partial charge in [-0.3, -0.25) is 0 Å². The van der Waals surface area contributed by atoms with Gasteiger partial charge in [0.1, 0.15) is 0 Å². The zero-order valence-corrected chi connectivity index (χ0v) is 11.3. The average Bonchev–Trinajstić information content (AvgIpc) is 2.02. The van der Waals surface area contributed by atoms with Crippen LogP contribution in [0.25, 0.3) is 0 Å². The van der Waals surface area contributed by atoms with Crippen LogP contribution < -0.4 is 5.73 Å². The Balaban J connectivity index is 3.99. The van der Waals surface area contributed by atoms with Crippen LogP contribution in [0.4, 0.5) is 0 Å². The second-order valence-corrected chi connectivity index (χ2v) is 6.13. The van der Waals surface area contributed by atoms with E-state index in [1.54, 1.807) is 0 Å². The van der Waals surface area contributed by atoms with Crippen molar-refractivity contribution >= 4 is 11.8 Å². The molecule has 0 saturated heterocycles. The quantitative estimate of drug-likeness (QED) is 0.766. The van der Waals surface area contributed by atoms with Gasteiger partial charge in [0.25, 0.3) is 0 Å². The molecule has 0 fully saturated rings. The Morgan fingerprint density at radius 3 is 2.21 bits per heavy atom. The minimum atomic E-state index is 0.202. The molecule has 0 saturated carbocycles. The van der Waals surface area contributed by atoms with Gasteiger partial charge in [-0.1, -0.05) is 20.8 Å². The van der Waals surface area contributed by atoms with Crippen molar-refractivity contribution < 1.29 is 0 Å². The van der Waals surface area contributed by atoms with Crippen molar-refractivity contribution in [3.8, 4) is 0 Å². The van der Waals surface area contributed by atoms with Gasteiger partial charge in [0.15, 0.2) is 0 Å². The summed E-state index contributed by atoms with van der Waals surface area (Å²) in [5.41, 5.74) is 6.34. The molecule has 0 aromatic carbocycles. The zero-order valence-electron chi connectivity index (χ0n) is 10.5. The summed E-state index contributed by atoms with van der Waals surface area (Å²) in [5, 5.41) is 0. The number of likely N-dealkylation sites (N-methyl/N-ethyl adjacent to an activating group) is 1. The van der Waals surface area contributed by atoms with Crippen LogP contribution in [-0.4, -0.2) is 42.6 Å². The molecule has 14 heavy (non-hydrogen) atoms. The minimum absolute atomic E-state index is 0.202. The second-order valence-electron chi connectivity index (χ2n) is 5.22. The van der Waals surface area contributed by atoms with Gasteiger partial charge in [0.05, 0.1) is 0 Å². The van der Waals surface area contributed by atoms with Gasteiger partial charge in [0, 0.05) is 24.4 Å². The molecule has 86 valence electrons. The van der Waals surface area contributed by atoms with Crippen molar-refractivity contribution in [2.45, 2.75) is 39.8 Å². The summed E-state index contributed by atoms with van der Waals surface area (Å²) >= 11 is 1.89. The summed E-state index contributed by atoms with van der Waals surface area (Å²) in [6, 6.07) is 0.857. The molecule has 3 heteroatoms. The number of nitrogens with zero attached hydrogens (tertiary/aromatic N) is 1. The Bertz CT molecular complexity index is 154. The summed E-state index contributed by atoms with van der Waals surface area (Å²) in [6.45, 7) is 9.83. The van der Waals surface area contributed by atoms with Crippen LogP contribution in [0, 0.1) is 5.41 Å². The molecule has 0 amide bonds. The fourth-order valence-corrected chi connectivity index (χ4v) is 1.87. The van der Waals surface area contributed by atoms with Crippen LogP contribution >= 0.6 is 11.8 Å². The molecule has 0 aromatic rings. The number of nitrogens with two attached hydrogens (primary N) is 1. The van der Waals surface area contributed by atoms with Crippen molar-refractivity contribution in [2.24, 2.45) is 11.1 Å². The van der Waals surface area contributed by atoms with Gasteiger partial charge in [-0.05, 0) is 25.6 Å². The molecule has 0 rings (SSSR count). The van der Waals surface area contributed by atoms with Gasteiger partial charge in [-0.25, -0.2) is 0 Å². The van der Waals surface area contributed by atoms with Crippen molar-refractivity contribution in [2.75, 3.05) is 25.6 Å². The number of thioether (sulfide) groups is 1. The molecule has 0 aliphatic rings. The third-order valence-corrected chi connectivity index (χ3v) is 3.57. The van der Waals surface area contributed by atoms with Crippen molar-refractivity contribution in [1.29, 1.82) is 0 Å². The van der Waals surface area contributed by atoms with Crippen molar-refractivity contribution in [3.05, 3.63) is 0 Å². The molecule has 0 heterocycles. The van der Waals surface area contributed by atoms with E-state index in [1.807, 2.05) is 11.8 Å². The summed E-state index contributed by atoms with van der Waals surface area (Å²) < 4.78 is 0. The van der Waals surface area contributed by atoms with Crippen LogP contribution in [0.1, 0.15) is 27.7 Å². The molecule has 0 aliphatic heterocycles. The first-order valence-corrected chi connectivity index (χ1v) is 6.63. The van der Waals surface area contributed by atoms with E-state index in [0.29, 0.717) is 6.04 Å². The number of hydrogen-bond acceptors (Lipinski definition) is 3. The van der Waals surface area contributed by atoms with E-state index in [-0.39, 0.29) is 11.5 Å². The average molecular weight is 218 g/mol. The lowest BCUT2D eigenvalue weighted by molar-refractivity contribution is 0.200. The van der Waals surface area contributed by atoms with Gasteiger partial charge < -0.3 is 10.6 Å². The van der Waals surface area contributed by atoms with E-state index in [2.05, 4.69) is 45.9 Å². The lowest BCUT2D eigenvalue weighted by Gasteiger charge is -2.33. The Labute approximate surface area is 93.6 Å². The molecule has 0 radical (unpaired) electrons. The second kappa shape index (κ2) is 5.99. The van der Waals surface area contributed by atoms with Crippen LogP contribution in [0.5, 0.6) is 0 Å². The van der Waals surface area contributed by atoms with Crippen LogP contribution in [0.15, 0.2) is 0 Å². The molecule has 2 atom stereocenters. The number of hydrogen-bond donors (Lipinski definition) is 1. The highest BCUT2D eigenvalue weighted by Crippen LogP contribution is 2.18. The van der Waals surface area contributed by atoms with E-state index < -0.39 is 0 Å². The van der Waals surface area contributed by atoms with E-state index in [4.69, 9.17) is 5.73 Å². The normalized spacial score (nSPS) is 17.1. The highest BCUT2D eigenvalue weighted by Gasteiger charge is 2.23. The maximum absolute atomic E-state index is 6.14. The van der Waals surface area contributed by atoms with Crippen LogP contribution in [0.2, 0.25) is 0 Å². The van der Waals surface area contributed by atoms with Crippen molar-refractivity contribution in [1.82, 2.24) is 4.90 Å². The van der Waals surface area contributed by atoms with Gasteiger partial charge in [-0.15, -0.1) is 0 Å². The SMILES string of the molecule is CSCC(C)N(C)CC(N)C(C)(C)C. The third kappa shape index (κ3) is 5.23. The third-order valence-electron chi connectivity index (χ3n) is 2.76. The predicted octanol–water partition coefficient (Wildman–Crippen LogP) is 2.04. The van der Waals surface area contributed by atoms with E-state index in [9.17, 15) is 0 Å². The first-order chi connectivity index (χ1) is 6.29. The first kappa shape index (κ1) is 14.3. The molecule has 0 spiro atoms. The van der Waals surface area contributed by atoms with E-state index in [0.717, 1.165) is 6.54 Å². The van der Waals surface area contributed by atoms with Gasteiger partial charge in [-0.2, -0.15) is 11.8 Å². The fourth-order valence-electron chi connectivity index (χ4n) is 1.13. The molecule has 2 unspecified atom stereocenters. The molecule has 0 aromatic heterocycles. The maximum atomic E-state index is 6.14. The largest absolute Gasteiger partial charge is 0.326 e. The Kier molecular flexibility index (Phi) is 6.10. The highest BCUT2D eigenvalue weighted by molar-refractivity contribution is 7.98. The topological polar surface area (TPSA) is 29.3 Å². The smallest absolute Gasteiger partial charge is 0.0217 e. The summed E-state index contributed by atoms with van der Waals surface area (Å²) in [7, 11) is 2.16. The predicted molar refractivity (Wildman–Crippen MR) is 67.9 cm³/mol. The van der Waals surface area contributed by atoms with Crippen LogP contribution in [0.3, 0.4) is 0 Å². The number of rotatable bonds is 5. The standard InChI is InChI=1S/C11H26N2S/c1-9(8-14-6)13(5)7-10(12)11(2,3)4/h9-10H,7-8,12H2,1-6H3. The molecular formula is C11H26N2S. The van der Waals surface area contributed by atoms with Crippen LogP contribution in [-0.2, 0) is 0 Å². The highest BCUT2D eigenvalue weighted by atomic mass is 32.2. The molecule has 2 nitrogen and oxygen atoms in total. The summed E-state index contributed by atoms with van der Waals surface area (Å²) in [4.78, 5) is 2.35. The van der Waals surface area contributed by atoms with Gasteiger partial charge in [0.2, 0.25) is 0 Å². The van der Waals surface area contributed by atoms with Crippen molar-refractivity contribution in [3.63, 3.8) is 0 Å². The molecule has 0 bridgehead atoms. The molecule has 2 N–H and O–H groups in total. The molecular weight excluding hydrogens is 192 g/mol. The Morgan fingerprint density at radius 1 is 1.36 bits per heavy atom. The Hall–Kier alpha value is 0.270. The minimum Gasteiger partial charge on any atom is -0.326 e. The Morgan fingerprint density at radius 2 is 1.86 bits per heavy atom. The molecule has 0 aliphatic carbocycles. The summed E-state index contributed by atoms with van der Waals surface area (Å²) in [6.07, 6.45) is 2.15. The summed E-state index contributed by atoms with van der Waals surface area (Å²) in [5.74, 6) is 1.17. The first-order valence-electron chi connectivity index (χ1n) is 5.23. The lowest BCUT2D eigenvalue weighted by Crippen LogP contribution is -2.47. The fraction of sp³-hybridized carbons (Fsp3) is 1.00. The lowest BCUT2D eigenvalue weighted by atomic mass is 9.87. The van der Waals surface area contributed by atoms with E-state index in [1.165, 1.54) is 5.75 Å². The van der Waals surface area contributed by atoms with E-state index >= 15 is 0 Å². The maximum Gasteiger partial charge on any atom is 0.0217 e.